The highest BCUT2D eigenvalue weighted by Gasteiger charge is 2.16. The van der Waals surface area contributed by atoms with Gasteiger partial charge in [0.25, 0.3) is 0 Å². The second-order valence-electron chi connectivity index (χ2n) is 5.11. The second-order valence-corrected chi connectivity index (χ2v) is 6.67. The van der Waals surface area contributed by atoms with Crippen molar-refractivity contribution in [3.05, 3.63) is 23.8 Å². The van der Waals surface area contributed by atoms with Crippen molar-refractivity contribution in [1.82, 2.24) is 0 Å². The molecule has 0 aliphatic heterocycles. The van der Waals surface area contributed by atoms with Gasteiger partial charge in [-0.2, -0.15) is 0 Å². The van der Waals surface area contributed by atoms with Crippen molar-refractivity contribution in [1.29, 1.82) is 0 Å². The maximum Gasteiger partial charge on any atom is 0.238 e. The molecule has 0 aliphatic carbocycles. The van der Waals surface area contributed by atoms with Crippen molar-refractivity contribution in [2.75, 3.05) is 13.7 Å². The molecule has 1 aromatic carbocycles. The van der Waals surface area contributed by atoms with E-state index in [1.165, 1.54) is 6.07 Å². The van der Waals surface area contributed by atoms with E-state index in [2.05, 4.69) is 0 Å². The number of benzene rings is 1. The highest BCUT2D eigenvalue weighted by Crippen LogP contribution is 2.29. The predicted octanol–water partition coefficient (Wildman–Crippen LogP) is 2.26. The molecule has 6 heteroatoms. The van der Waals surface area contributed by atoms with Gasteiger partial charge in [-0.15, -0.1) is 0 Å². The topological polar surface area (TPSA) is 78.6 Å². The Morgan fingerprint density at radius 1 is 1.25 bits per heavy atom. The summed E-state index contributed by atoms with van der Waals surface area (Å²) in [6.45, 7) is 6.54. The normalized spacial score (nSPS) is 13.5. The molecule has 0 amide bonds. The van der Waals surface area contributed by atoms with E-state index in [0.29, 0.717) is 12.4 Å². The highest BCUT2D eigenvalue weighted by molar-refractivity contribution is 7.89. The molecule has 0 aromatic heterocycles. The van der Waals surface area contributed by atoms with Gasteiger partial charge >= 0.3 is 0 Å². The van der Waals surface area contributed by atoms with Crippen molar-refractivity contribution in [3.63, 3.8) is 0 Å². The molecule has 2 N–H and O–H groups in total. The summed E-state index contributed by atoms with van der Waals surface area (Å²) in [5.41, 5.74) is 0.834. The summed E-state index contributed by atoms with van der Waals surface area (Å²) in [4.78, 5) is 0.109. The number of ether oxygens (including phenoxy) is 2. The largest absolute Gasteiger partial charge is 0.490 e. The lowest BCUT2D eigenvalue weighted by Gasteiger charge is -2.19. The second kappa shape index (κ2) is 7.06. The van der Waals surface area contributed by atoms with Crippen LogP contribution in [-0.4, -0.2) is 28.2 Å². The van der Waals surface area contributed by atoms with Crippen LogP contribution in [0.1, 0.15) is 38.7 Å². The molecule has 0 radical (unpaired) electrons. The molecule has 0 saturated heterocycles. The summed E-state index contributed by atoms with van der Waals surface area (Å²) >= 11 is 0. The van der Waals surface area contributed by atoms with E-state index >= 15 is 0 Å². The van der Waals surface area contributed by atoms with Gasteiger partial charge in [-0.3, -0.25) is 0 Å². The van der Waals surface area contributed by atoms with Crippen molar-refractivity contribution in [2.45, 2.75) is 44.1 Å². The van der Waals surface area contributed by atoms with Gasteiger partial charge < -0.3 is 9.47 Å². The first-order chi connectivity index (χ1) is 9.25. The number of methoxy groups -OCH3 is 1. The molecule has 0 saturated carbocycles. The first kappa shape index (κ1) is 16.9. The minimum Gasteiger partial charge on any atom is -0.490 e. The number of hydrogen-bond donors (Lipinski definition) is 1. The summed E-state index contributed by atoms with van der Waals surface area (Å²) in [6, 6.07) is 4.72. The minimum atomic E-state index is -3.69. The number of nitrogens with two attached hydrogens (primary N) is 1. The lowest BCUT2D eigenvalue weighted by atomic mass is 10.0. The van der Waals surface area contributed by atoms with Gasteiger partial charge in [-0.05, 0) is 36.6 Å². The fourth-order valence-corrected chi connectivity index (χ4v) is 2.37. The van der Waals surface area contributed by atoms with Crippen LogP contribution in [0.5, 0.6) is 5.75 Å². The van der Waals surface area contributed by atoms with E-state index in [4.69, 9.17) is 14.6 Å². The molecule has 0 spiro atoms. The van der Waals surface area contributed by atoms with Crippen LogP contribution in [0.3, 0.4) is 0 Å². The van der Waals surface area contributed by atoms with Gasteiger partial charge in [0.1, 0.15) is 5.75 Å². The SMILES string of the molecule is COCCC(C)Oc1ccc(S(N)(=O)=O)cc1C(C)C. The number of hydrogen-bond acceptors (Lipinski definition) is 4. The predicted molar refractivity (Wildman–Crippen MR) is 78.5 cm³/mol. The monoisotopic (exact) mass is 301 g/mol. The van der Waals surface area contributed by atoms with Crippen molar-refractivity contribution >= 4 is 10.0 Å². The number of rotatable bonds is 7. The molecule has 0 heterocycles. The number of primary sulfonamides is 1. The van der Waals surface area contributed by atoms with Crippen LogP contribution < -0.4 is 9.88 Å². The van der Waals surface area contributed by atoms with Crippen LogP contribution in [0.15, 0.2) is 23.1 Å². The average molecular weight is 301 g/mol. The van der Waals surface area contributed by atoms with Gasteiger partial charge in [-0.1, -0.05) is 13.8 Å². The summed E-state index contributed by atoms with van der Waals surface area (Å²) in [5.74, 6) is 0.831. The molecule has 0 aliphatic rings. The quantitative estimate of drug-likeness (QED) is 0.838. The third-order valence-electron chi connectivity index (χ3n) is 2.99. The van der Waals surface area contributed by atoms with E-state index in [9.17, 15) is 8.42 Å². The smallest absolute Gasteiger partial charge is 0.238 e. The fraction of sp³-hybridized carbons (Fsp3) is 0.571. The highest BCUT2D eigenvalue weighted by atomic mass is 32.2. The Balaban J connectivity index is 3.02. The fourth-order valence-electron chi connectivity index (χ4n) is 1.82. The molecule has 1 atom stereocenters. The molecule has 114 valence electrons. The van der Waals surface area contributed by atoms with Crippen LogP contribution in [0.2, 0.25) is 0 Å². The van der Waals surface area contributed by atoms with Crippen LogP contribution in [0.4, 0.5) is 0 Å². The van der Waals surface area contributed by atoms with Crippen molar-refractivity contribution in [2.24, 2.45) is 5.14 Å². The Bertz CT molecular complexity index is 540. The van der Waals surface area contributed by atoms with Gasteiger partial charge in [0.05, 0.1) is 11.0 Å². The summed E-state index contributed by atoms with van der Waals surface area (Å²) < 4.78 is 33.7. The van der Waals surface area contributed by atoms with Crippen molar-refractivity contribution < 1.29 is 17.9 Å². The van der Waals surface area contributed by atoms with Crippen LogP contribution in [0, 0.1) is 0 Å². The Morgan fingerprint density at radius 2 is 1.90 bits per heavy atom. The van der Waals surface area contributed by atoms with Crippen molar-refractivity contribution in [3.8, 4) is 5.75 Å². The van der Waals surface area contributed by atoms with Gasteiger partial charge in [0, 0.05) is 20.1 Å². The van der Waals surface area contributed by atoms with E-state index in [-0.39, 0.29) is 16.9 Å². The Hall–Kier alpha value is -1.11. The molecule has 20 heavy (non-hydrogen) atoms. The van der Waals surface area contributed by atoms with Crippen LogP contribution in [0.25, 0.3) is 0 Å². The number of sulfonamides is 1. The van der Waals surface area contributed by atoms with Crippen LogP contribution in [-0.2, 0) is 14.8 Å². The molecule has 1 aromatic rings. The lowest BCUT2D eigenvalue weighted by molar-refractivity contribution is 0.134. The molecule has 0 bridgehead atoms. The zero-order valence-corrected chi connectivity index (χ0v) is 13.2. The molecule has 5 nitrogen and oxygen atoms in total. The molecular weight excluding hydrogens is 278 g/mol. The molecule has 1 rings (SSSR count). The summed E-state index contributed by atoms with van der Waals surface area (Å²) in [7, 11) is -2.05. The maximum absolute atomic E-state index is 11.4. The third-order valence-corrected chi connectivity index (χ3v) is 3.90. The van der Waals surface area contributed by atoms with E-state index in [1.807, 2.05) is 20.8 Å². The van der Waals surface area contributed by atoms with E-state index < -0.39 is 10.0 Å². The van der Waals surface area contributed by atoms with Crippen LogP contribution >= 0.6 is 0 Å². The first-order valence-electron chi connectivity index (χ1n) is 6.58. The summed E-state index contributed by atoms with van der Waals surface area (Å²) in [6.07, 6.45) is 0.762. The molecular formula is C14H23NO4S. The molecule has 0 fully saturated rings. The van der Waals surface area contributed by atoms with E-state index in [1.54, 1.807) is 19.2 Å². The third kappa shape index (κ3) is 4.77. The van der Waals surface area contributed by atoms with Gasteiger partial charge in [-0.25, -0.2) is 13.6 Å². The molecule has 1 unspecified atom stereocenters. The Kier molecular flexibility index (Phi) is 5.98. The van der Waals surface area contributed by atoms with Gasteiger partial charge in [0.15, 0.2) is 0 Å². The first-order valence-corrected chi connectivity index (χ1v) is 8.12. The van der Waals surface area contributed by atoms with E-state index in [0.717, 1.165) is 12.0 Å². The zero-order chi connectivity index (χ0) is 15.3. The Morgan fingerprint density at radius 3 is 2.40 bits per heavy atom. The maximum atomic E-state index is 11.4. The Labute approximate surface area is 121 Å². The average Bonchev–Trinajstić information content (AvgIpc) is 2.35. The van der Waals surface area contributed by atoms with Gasteiger partial charge in [0.2, 0.25) is 10.0 Å². The zero-order valence-electron chi connectivity index (χ0n) is 12.4. The minimum absolute atomic E-state index is 0.00668. The lowest BCUT2D eigenvalue weighted by Crippen LogP contribution is -2.16. The standard InChI is InChI=1S/C14H23NO4S/c1-10(2)13-9-12(20(15,16)17)5-6-14(13)19-11(3)7-8-18-4/h5-6,9-11H,7-8H2,1-4H3,(H2,15,16,17). The summed E-state index contributed by atoms with van der Waals surface area (Å²) in [5, 5.41) is 5.16.